The molecule has 1 aromatic carbocycles. The van der Waals surface area contributed by atoms with E-state index < -0.39 is 0 Å². The molecule has 0 bridgehead atoms. The van der Waals surface area contributed by atoms with Crippen LogP contribution in [0.15, 0.2) is 53.4 Å². The van der Waals surface area contributed by atoms with Gasteiger partial charge in [-0.3, -0.25) is 9.78 Å². The van der Waals surface area contributed by atoms with Gasteiger partial charge < -0.3 is 14.0 Å². The Morgan fingerprint density at radius 2 is 1.97 bits per heavy atom. The number of pyridine rings is 1. The van der Waals surface area contributed by atoms with Crippen molar-refractivity contribution in [2.45, 2.75) is 32.2 Å². The lowest BCUT2D eigenvalue weighted by atomic mass is 10.1. The van der Waals surface area contributed by atoms with Gasteiger partial charge >= 0.3 is 0 Å². The lowest BCUT2D eigenvalue weighted by Crippen LogP contribution is -2.35. The molecule has 1 saturated heterocycles. The maximum Gasteiger partial charge on any atom is 0.276 e. The first-order chi connectivity index (χ1) is 14.8. The van der Waals surface area contributed by atoms with E-state index in [0.29, 0.717) is 30.4 Å². The highest BCUT2D eigenvalue weighted by molar-refractivity contribution is 5.81. The number of aromatic nitrogens is 5. The van der Waals surface area contributed by atoms with Crippen molar-refractivity contribution in [3.63, 3.8) is 0 Å². The van der Waals surface area contributed by atoms with Gasteiger partial charge in [-0.1, -0.05) is 11.2 Å². The Labute approximate surface area is 173 Å². The molecule has 152 valence electrons. The number of rotatable bonds is 5. The molecular formula is C22H22N6O2. The molecule has 3 aromatic heterocycles. The quantitative estimate of drug-likeness (QED) is 0.507. The molecule has 0 unspecified atom stereocenters. The van der Waals surface area contributed by atoms with Crippen LogP contribution in [0.3, 0.4) is 0 Å². The Morgan fingerprint density at radius 3 is 2.80 bits per heavy atom. The summed E-state index contributed by atoms with van der Waals surface area (Å²) in [5.41, 5.74) is 3.28. The first-order valence-corrected chi connectivity index (χ1v) is 10.3. The lowest BCUT2D eigenvalue weighted by molar-refractivity contribution is -0.132. The van der Waals surface area contributed by atoms with Crippen LogP contribution in [-0.4, -0.2) is 48.6 Å². The average molecular weight is 402 g/mol. The highest BCUT2D eigenvalue weighted by Crippen LogP contribution is 2.24. The van der Waals surface area contributed by atoms with Crippen molar-refractivity contribution in [3.8, 4) is 23.0 Å². The van der Waals surface area contributed by atoms with E-state index >= 15 is 0 Å². The molecule has 8 heteroatoms. The van der Waals surface area contributed by atoms with Gasteiger partial charge in [-0.25, -0.2) is 4.98 Å². The van der Waals surface area contributed by atoms with Crippen LogP contribution in [0.1, 0.15) is 25.7 Å². The monoisotopic (exact) mass is 402 g/mol. The van der Waals surface area contributed by atoms with Gasteiger partial charge in [0.25, 0.3) is 5.89 Å². The molecule has 0 spiro atoms. The smallest absolute Gasteiger partial charge is 0.276 e. The summed E-state index contributed by atoms with van der Waals surface area (Å²) >= 11 is 0. The highest BCUT2D eigenvalue weighted by atomic mass is 16.5. The Morgan fingerprint density at radius 1 is 1.07 bits per heavy atom. The van der Waals surface area contributed by atoms with Crippen LogP contribution in [-0.2, 0) is 11.3 Å². The summed E-state index contributed by atoms with van der Waals surface area (Å²) in [7, 11) is 0. The molecule has 1 amide bonds. The second-order valence-electron chi connectivity index (χ2n) is 7.47. The number of nitrogens with zero attached hydrogens (tertiary/aromatic N) is 6. The molecule has 0 radical (unpaired) electrons. The Hall–Kier alpha value is -3.55. The third-order valence-corrected chi connectivity index (χ3v) is 5.46. The number of piperidine rings is 1. The van der Waals surface area contributed by atoms with Crippen molar-refractivity contribution >= 4 is 16.9 Å². The maximum atomic E-state index is 12.4. The number of imidazole rings is 1. The molecule has 5 rings (SSSR count). The van der Waals surface area contributed by atoms with Crippen molar-refractivity contribution in [2.75, 3.05) is 13.1 Å². The van der Waals surface area contributed by atoms with Gasteiger partial charge in [0.15, 0.2) is 0 Å². The summed E-state index contributed by atoms with van der Waals surface area (Å²) in [6.45, 7) is 2.40. The normalized spacial score (nSPS) is 14.3. The average Bonchev–Trinajstić information content (AvgIpc) is 3.46. The third-order valence-electron chi connectivity index (χ3n) is 5.46. The SMILES string of the molecule is O=C(CCn1cnc2cc(-c3noc(-c4ccccn4)n3)ccc21)N1CCCCC1. The minimum absolute atomic E-state index is 0.224. The van der Waals surface area contributed by atoms with Crippen LogP contribution in [0.25, 0.3) is 34.0 Å². The zero-order chi connectivity index (χ0) is 20.3. The van der Waals surface area contributed by atoms with E-state index in [1.54, 1.807) is 12.5 Å². The predicted molar refractivity (Wildman–Crippen MR) is 111 cm³/mol. The molecule has 30 heavy (non-hydrogen) atoms. The minimum atomic E-state index is 0.224. The van der Waals surface area contributed by atoms with Gasteiger partial charge in [-0.2, -0.15) is 4.98 Å². The van der Waals surface area contributed by atoms with Crippen molar-refractivity contribution in [2.24, 2.45) is 0 Å². The summed E-state index contributed by atoms with van der Waals surface area (Å²) in [6, 6.07) is 11.4. The third kappa shape index (κ3) is 3.68. The van der Waals surface area contributed by atoms with E-state index in [0.717, 1.165) is 42.5 Å². The number of hydrogen-bond donors (Lipinski definition) is 0. The molecule has 1 aliphatic rings. The Kier molecular flexibility index (Phi) is 4.96. The number of hydrogen-bond acceptors (Lipinski definition) is 6. The molecule has 0 saturated carbocycles. The van der Waals surface area contributed by atoms with Crippen molar-refractivity contribution in [1.82, 2.24) is 29.6 Å². The summed E-state index contributed by atoms with van der Waals surface area (Å²) in [5.74, 6) is 1.10. The molecule has 0 N–H and O–H groups in total. The second kappa shape index (κ2) is 8.06. The molecule has 4 heterocycles. The summed E-state index contributed by atoms with van der Waals surface area (Å²) in [4.78, 5) is 27.6. The van der Waals surface area contributed by atoms with Crippen LogP contribution in [0.2, 0.25) is 0 Å². The summed E-state index contributed by atoms with van der Waals surface area (Å²) in [6.07, 6.45) is 7.41. The lowest BCUT2D eigenvalue weighted by Gasteiger charge is -2.26. The van der Waals surface area contributed by atoms with Gasteiger partial charge in [0.1, 0.15) is 5.69 Å². The van der Waals surface area contributed by atoms with Crippen LogP contribution in [0, 0.1) is 0 Å². The number of amides is 1. The van der Waals surface area contributed by atoms with Crippen LogP contribution in [0.4, 0.5) is 0 Å². The first-order valence-electron chi connectivity index (χ1n) is 10.3. The van der Waals surface area contributed by atoms with E-state index in [4.69, 9.17) is 4.52 Å². The number of benzene rings is 1. The molecule has 4 aromatic rings. The van der Waals surface area contributed by atoms with E-state index in [2.05, 4.69) is 20.1 Å². The zero-order valence-electron chi connectivity index (χ0n) is 16.6. The van der Waals surface area contributed by atoms with Crippen molar-refractivity contribution in [3.05, 3.63) is 48.9 Å². The standard InChI is InChI=1S/C22H22N6O2/c29-20(27-11-4-1-5-12-27)9-13-28-15-24-18-14-16(7-8-19(18)28)21-25-22(30-26-21)17-6-2-3-10-23-17/h2-3,6-8,10,14-15H,1,4-5,9,11-13H2. The van der Waals surface area contributed by atoms with Gasteiger partial charge in [-0.15, -0.1) is 0 Å². The number of fused-ring (bicyclic) bond motifs is 1. The summed E-state index contributed by atoms with van der Waals surface area (Å²) < 4.78 is 7.38. The topological polar surface area (TPSA) is 89.9 Å². The highest BCUT2D eigenvalue weighted by Gasteiger charge is 2.17. The molecule has 1 aliphatic heterocycles. The van der Waals surface area contributed by atoms with Gasteiger partial charge in [-0.05, 0) is 49.6 Å². The van der Waals surface area contributed by atoms with Crippen molar-refractivity contribution < 1.29 is 9.32 Å². The number of likely N-dealkylation sites (tertiary alicyclic amines) is 1. The fraction of sp³-hybridized carbons (Fsp3) is 0.318. The molecule has 1 fully saturated rings. The fourth-order valence-corrected chi connectivity index (χ4v) is 3.83. The Bertz CT molecular complexity index is 1160. The van der Waals surface area contributed by atoms with Gasteiger partial charge in [0, 0.05) is 37.8 Å². The van der Waals surface area contributed by atoms with E-state index in [-0.39, 0.29) is 5.91 Å². The first kappa shape index (κ1) is 18.5. The van der Waals surface area contributed by atoms with Gasteiger partial charge in [0.2, 0.25) is 11.7 Å². The van der Waals surface area contributed by atoms with Crippen LogP contribution >= 0.6 is 0 Å². The number of carbonyl (C=O) groups excluding carboxylic acids is 1. The number of aryl methyl sites for hydroxylation is 1. The fourth-order valence-electron chi connectivity index (χ4n) is 3.83. The van der Waals surface area contributed by atoms with Gasteiger partial charge in [0.05, 0.1) is 17.4 Å². The molecule has 0 atom stereocenters. The van der Waals surface area contributed by atoms with Crippen LogP contribution in [0.5, 0.6) is 0 Å². The Balaban J connectivity index is 1.31. The predicted octanol–water partition coefficient (Wildman–Crippen LogP) is 3.55. The largest absolute Gasteiger partial charge is 0.343 e. The zero-order valence-corrected chi connectivity index (χ0v) is 16.6. The maximum absolute atomic E-state index is 12.4. The summed E-state index contributed by atoms with van der Waals surface area (Å²) in [5, 5.41) is 4.08. The number of carbonyl (C=O) groups is 1. The second-order valence-corrected chi connectivity index (χ2v) is 7.47. The molecular weight excluding hydrogens is 380 g/mol. The molecule has 8 nitrogen and oxygen atoms in total. The molecule has 0 aliphatic carbocycles. The van der Waals surface area contributed by atoms with E-state index in [9.17, 15) is 4.79 Å². The van der Waals surface area contributed by atoms with E-state index in [1.807, 2.05) is 45.9 Å². The van der Waals surface area contributed by atoms with E-state index in [1.165, 1.54) is 6.42 Å². The van der Waals surface area contributed by atoms with Crippen molar-refractivity contribution in [1.29, 1.82) is 0 Å². The minimum Gasteiger partial charge on any atom is -0.343 e. The van der Waals surface area contributed by atoms with Crippen LogP contribution < -0.4 is 0 Å².